The lowest BCUT2D eigenvalue weighted by molar-refractivity contribution is -0.117. The van der Waals surface area contributed by atoms with Crippen LogP contribution in [0.1, 0.15) is 13.3 Å². The molecule has 1 aliphatic heterocycles. The minimum atomic E-state index is 0.0352. The van der Waals surface area contributed by atoms with Crippen molar-refractivity contribution < 1.29 is 9.59 Å². The number of thioether (sulfide) groups is 1. The Balaban J connectivity index is 1.86. The van der Waals surface area contributed by atoms with E-state index in [9.17, 15) is 9.59 Å². The Labute approximate surface area is 125 Å². The molecular weight excluding hydrogens is 290 g/mol. The maximum Gasteiger partial charge on any atom is 0.228 e. The molecule has 0 bridgehead atoms. The largest absolute Gasteiger partial charge is 0.296 e. The molecule has 0 spiro atoms. The van der Waals surface area contributed by atoms with Crippen LogP contribution < -0.4 is 4.90 Å². The summed E-state index contributed by atoms with van der Waals surface area (Å²) < 4.78 is 1.66. The van der Waals surface area contributed by atoms with Crippen molar-refractivity contribution in [2.24, 2.45) is 13.0 Å². The Morgan fingerprint density at radius 1 is 1.48 bits per heavy atom. The number of nitrogens with zero attached hydrogens (tertiary/aromatic N) is 5. The van der Waals surface area contributed by atoms with Crippen molar-refractivity contribution in [1.29, 1.82) is 0 Å². The first-order chi connectivity index (χ1) is 10.1. The number of anilines is 1. The highest BCUT2D eigenvalue weighted by molar-refractivity contribution is 8.13. The van der Waals surface area contributed by atoms with Crippen LogP contribution in [0.4, 0.5) is 5.82 Å². The molecule has 2 aromatic rings. The van der Waals surface area contributed by atoms with Crippen LogP contribution in [0.15, 0.2) is 12.5 Å². The fourth-order valence-electron chi connectivity index (χ4n) is 2.50. The molecule has 0 aliphatic carbocycles. The zero-order valence-corrected chi connectivity index (χ0v) is 12.6. The van der Waals surface area contributed by atoms with E-state index in [-0.39, 0.29) is 16.9 Å². The number of carbonyl (C=O) groups is 2. The Bertz CT molecular complexity index is 714. The number of aryl methyl sites for hydroxylation is 1. The van der Waals surface area contributed by atoms with Crippen LogP contribution in [-0.4, -0.2) is 43.1 Å². The summed E-state index contributed by atoms with van der Waals surface area (Å²) in [5.41, 5.74) is 0.703. The van der Waals surface area contributed by atoms with Crippen LogP contribution in [0.25, 0.3) is 11.0 Å². The summed E-state index contributed by atoms with van der Waals surface area (Å²) in [6, 6.07) is 0. The first-order valence-corrected chi connectivity index (χ1v) is 7.61. The molecule has 0 aromatic carbocycles. The molecule has 8 heteroatoms. The lowest BCUT2D eigenvalue weighted by Crippen LogP contribution is -2.26. The summed E-state index contributed by atoms with van der Waals surface area (Å²) in [6.45, 7) is 2.13. The quantitative estimate of drug-likeness (QED) is 0.841. The highest BCUT2D eigenvalue weighted by Crippen LogP contribution is 2.30. The Morgan fingerprint density at radius 3 is 3.05 bits per heavy atom. The third kappa shape index (κ3) is 2.63. The third-order valence-electron chi connectivity index (χ3n) is 3.49. The molecule has 1 aliphatic rings. The molecule has 1 fully saturated rings. The van der Waals surface area contributed by atoms with Gasteiger partial charge in [-0.05, 0) is 5.92 Å². The van der Waals surface area contributed by atoms with Crippen LogP contribution >= 0.6 is 11.8 Å². The highest BCUT2D eigenvalue weighted by Gasteiger charge is 2.32. The van der Waals surface area contributed by atoms with Gasteiger partial charge in [-0.3, -0.25) is 19.2 Å². The summed E-state index contributed by atoms with van der Waals surface area (Å²) in [6.07, 6.45) is 3.58. The van der Waals surface area contributed by atoms with Gasteiger partial charge in [0.15, 0.2) is 10.8 Å². The summed E-state index contributed by atoms with van der Waals surface area (Å²) in [7, 11) is 1.80. The van der Waals surface area contributed by atoms with Crippen molar-refractivity contribution in [3.8, 4) is 0 Å². The van der Waals surface area contributed by atoms with E-state index in [4.69, 9.17) is 0 Å². The molecule has 0 radical (unpaired) electrons. The molecule has 1 saturated heterocycles. The van der Waals surface area contributed by atoms with Crippen molar-refractivity contribution in [2.45, 2.75) is 13.3 Å². The lowest BCUT2D eigenvalue weighted by atomic mass is 10.1. The van der Waals surface area contributed by atoms with Gasteiger partial charge in [0.1, 0.15) is 12.1 Å². The molecule has 1 unspecified atom stereocenters. The number of carbonyl (C=O) groups excluding carboxylic acids is 2. The SMILES string of the molecule is CC(=O)SCC1CC(=O)N(c2ncnc3c2cnn3C)C1. The van der Waals surface area contributed by atoms with Crippen molar-refractivity contribution in [3.63, 3.8) is 0 Å². The molecule has 110 valence electrons. The molecule has 3 heterocycles. The van der Waals surface area contributed by atoms with Crippen LogP contribution in [0.2, 0.25) is 0 Å². The minimum Gasteiger partial charge on any atom is -0.296 e. The van der Waals surface area contributed by atoms with Crippen LogP contribution in [-0.2, 0) is 16.6 Å². The van der Waals surface area contributed by atoms with Crippen molar-refractivity contribution in [3.05, 3.63) is 12.5 Å². The van der Waals surface area contributed by atoms with E-state index in [0.717, 1.165) is 5.39 Å². The minimum absolute atomic E-state index is 0.0352. The summed E-state index contributed by atoms with van der Waals surface area (Å²) in [5, 5.41) is 5.01. The van der Waals surface area contributed by atoms with E-state index < -0.39 is 0 Å². The second-order valence-electron chi connectivity index (χ2n) is 5.08. The van der Waals surface area contributed by atoms with Crippen LogP contribution in [0.5, 0.6) is 0 Å². The van der Waals surface area contributed by atoms with E-state index in [2.05, 4.69) is 15.1 Å². The standard InChI is InChI=1S/C13H15N5O2S/c1-8(19)21-6-9-3-11(20)18(5-9)13-10-4-16-17(2)12(10)14-7-15-13/h4,7,9H,3,5-6H2,1-2H3. The number of rotatable bonds is 3. The average molecular weight is 305 g/mol. The van der Waals surface area contributed by atoms with E-state index in [1.54, 1.807) is 29.7 Å². The van der Waals surface area contributed by atoms with Gasteiger partial charge < -0.3 is 0 Å². The smallest absolute Gasteiger partial charge is 0.228 e. The second-order valence-corrected chi connectivity index (χ2v) is 6.28. The van der Waals surface area contributed by atoms with Crippen LogP contribution in [0, 0.1) is 5.92 Å². The first kappa shape index (κ1) is 14.0. The van der Waals surface area contributed by atoms with Gasteiger partial charge in [0, 0.05) is 32.7 Å². The Morgan fingerprint density at radius 2 is 2.29 bits per heavy atom. The van der Waals surface area contributed by atoms with Gasteiger partial charge >= 0.3 is 0 Å². The van der Waals surface area contributed by atoms with Gasteiger partial charge in [-0.15, -0.1) is 0 Å². The van der Waals surface area contributed by atoms with E-state index >= 15 is 0 Å². The molecular formula is C13H15N5O2S. The van der Waals surface area contributed by atoms with E-state index in [1.807, 2.05) is 0 Å². The average Bonchev–Trinajstić information content (AvgIpc) is 3.00. The molecule has 7 nitrogen and oxygen atoms in total. The predicted octanol–water partition coefficient (Wildman–Crippen LogP) is 0.996. The maximum atomic E-state index is 12.2. The molecule has 0 N–H and O–H groups in total. The number of hydrogen-bond donors (Lipinski definition) is 0. The van der Waals surface area contributed by atoms with Gasteiger partial charge in [-0.25, -0.2) is 9.97 Å². The second kappa shape index (κ2) is 5.44. The van der Waals surface area contributed by atoms with Gasteiger partial charge in [0.05, 0.1) is 11.6 Å². The summed E-state index contributed by atoms with van der Waals surface area (Å²) in [4.78, 5) is 33.4. The first-order valence-electron chi connectivity index (χ1n) is 6.62. The molecule has 2 aromatic heterocycles. The fourth-order valence-corrected chi connectivity index (χ4v) is 3.19. The normalized spacial score (nSPS) is 18.7. The summed E-state index contributed by atoms with van der Waals surface area (Å²) >= 11 is 1.27. The van der Waals surface area contributed by atoms with Crippen molar-refractivity contribution in [2.75, 3.05) is 17.2 Å². The molecule has 3 rings (SSSR count). The summed E-state index contributed by atoms with van der Waals surface area (Å²) in [5.74, 6) is 1.48. The van der Waals surface area contributed by atoms with Gasteiger partial charge in [0.2, 0.25) is 5.91 Å². The number of amides is 1. The van der Waals surface area contributed by atoms with Gasteiger partial charge in [0.25, 0.3) is 0 Å². The highest BCUT2D eigenvalue weighted by atomic mass is 32.2. The lowest BCUT2D eigenvalue weighted by Gasteiger charge is -2.15. The number of fused-ring (bicyclic) bond motifs is 1. The third-order valence-corrected chi connectivity index (χ3v) is 4.54. The number of hydrogen-bond acceptors (Lipinski definition) is 6. The van der Waals surface area contributed by atoms with Gasteiger partial charge in [-0.2, -0.15) is 5.10 Å². The zero-order chi connectivity index (χ0) is 15.0. The number of aromatic nitrogens is 4. The predicted molar refractivity (Wildman–Crippen MR) is 79.9 cm³/mol. The van der Waals surface area contributed by atoms with Crippen LogP contribution in [0.3, 0.4) is 0 Å². The van der Waals surface area contributed by atoms with Crippen molar-refractivity contribution in [1.82, 2.24) is 19.7 Å². The monoisotopic (exact) mass is 305 g/mol. The van der Waals surface area contributed by atoms with Gasteiger partial charge in [-0.1, -0.05) is 11.8 Å². The zero-order valence-electron chi connectivity index (χ0n) is 11.8. The molecule has 21 heavy (non-hydrogen) atoms. The maximum absolute atomic E-state index is 12.2. The van der Waals surface area contributed by atoms with E-state index in [0.29, 0.717) is 30.2 Å². The van der Waals surface area contributed by atoms with Crippen molar-refractivity contribution >= 4 is 39.6 Å². The molecule has 1 amide bonds. The molecule has 1 atom stereocenters. The fraction of sp³-hybridized carbons (Fsp3) is 0.462. The Hall–Kier alpha value is -1.96. The topological polar surface area (TPSA) is 81.0 Å². The molecule has 0 saturated carbocycles. The Kier molecular flexibility index (Phi) is 3.62. The van der Waals surface area contributed by atoms with E-state index in [1.165, 1.54) is 18.1 Å².